The van der Waals surface area contributed by atoms with E-state index in [9.17, 15) is 9.59 Å². The molecule has 0 spiro atoms. The van der Waals surface area contributed by atoms with E-state index in [1.165, 1.54) is 38.5 Å². The molecule has 2 fully saturated rings. The number of carbonyl (C=O) groups is 2. The van der Waals surface area contributed by atoms with Crippen LogP contribution in [0.15, 0.2) is 24.3 Å². The van der Waals surface area contributed by atoms with Crippen LogP contribution in [0.1, 0.15) is 98.8 Å². The van der Waals surface area contributed by atoms with Crippen molar-refractivity contribution in [2.24, 2.45) is 5.92 Å². The SMILES string of the molecule is CC(C)COC(=O)c1ccccc1C(=O)N(C1CCCCC1)C1CCCCC1. The molecule has 0 bridgehead atoms. The molecule has 2 aliphatic carbocycles. The summed E-state index contributed by atoms with van der Waals surface area (Å²) in [5.74, 6) is -0.0893. The fraction of sp³-hybridized carbons (Fsp3) is 0.667. The number of amides is 1. The van der Waals surface area contributed by atoms with E-state index in [-0.39, 0.29) is 17.8 Å². The molecule has 0 aromatic heterocycles. The van der Waals surface area contributed by atoms with Crippen LogP contribution in [0.5, 0.6) is 0 Å². The van der Waals surface area contributed by atoms with Crippen LogP contribution in [0.3, 0.4) is 0 Å². The highest BCUT2D eigenvalue weighted by molar-refractivity contribution is 6.05. The second-order valence-electron chi connectivity index (χ2n) is 8.83. The van der Waals surface area contributed by atoms with E-state index in [4.69, 9.17) is 4.74 Å². The first-order valence-electron chi connectivity index (χ1n) is 11.2. The topological polar surface area (TPSA) is 46.6 Å². The average Bonchev–Trinajstić information content (AvgIpc) is 2.73. The quantitative estimate of drug-likeness (QED) is 0.598. The maximum absolute atomic E-state index is 13.7. The number of carbonyl (C=O) groups excluding carboxylic acids is 2. The van der Waals surface area contributed by atoms with Crippen molar-refractivity contribution >= 4 is 11.9 Å². The second kappa shape index (κ2) is 10.1. The maximum Gasteiger partial charge on any atom is 0.338 e. The first-order valence-corrected chi connectivity index (χ1v) is 11.2. The van der Waals surface area contributed by atoms with Crippen LogP contribution in [0.4, 0.5) is 0 Å². The molecule has 28 heavy (non-hydrogen) atoms. The lowest BCUT2D eigenvalue weighted by atomic mass is 9.87. The molecule has 0 heterocycles. The Kier molecular flexibility index (Phi) is 7.52. The summed E-state index contributed by atoms with van der Waals surface area (Å²) in [7, 11) is 0. The molecular formula is C24H35NO3. The van der Waals surface area contributed by atoms with Crippen LogP contribution in [0.2, 0.25) is 0 Å². The van der Waals surface area contributed by atoms with E-state index in [2.05, 4.69) is 4.90 Å². The van der Waals surface area contributed by atoms with Gasteiger partial charge in [-0.25, -0.2) is 4.79 Å². The van der Waals surface area contributed by atoms with Gasteiger partial charge in [0.1, 0.15) is 0 Å². The summed E-state index contributed by atoms with van der Waals surface area (Å²) in [6, 6.07) is 7.82. The molecule has 1 amide bonds. The van der Waals surface area contributed by atoms with Gasteiger partial charge in [-0.15, -0.1) is 0 Å². The van der Waals surface area contributed by atoms with Crippen LogP contribution in [0.25, 0.3) is 0 Å². The minimum Gasteiger partial charge on any atom is -0.462 e. The van der Waals surface area contributed by atoms with E-state index in [0.29, 0.717) is 29.8 Å². The van der Waals surface area contributed by atoms with Gasteiger partial charge < -0.3 is 9.64 Å². The minimum atomic E-state index is -0.384. The lowest BCUT2D eigenvalue weighted by molar-refractivity contribution is 0.0410. The first kappa shape index (κ1) is 20.9. The van der Waals surface area contributed by atoms with Crippen molar-refractivity contribution in [3.05, 3.63) is 35.4 Å². The number of hydrogen-bond donors (Lipinski definition) is 0. The van der Waals surface area contributed by atoms with Crippen LogP contribution in [0, 0.1) is 5.92 Å². The third-order valence-electron chi connectivity index (χ3n) is 6.10. The van der Waals surface area contributed by atoms with Gasteiger partial charge in [0.2, 0.25) is 0 Å². The third kappa shape index (κ3) is 5.15. The number of ether oxygens (including phenoxy) is 1. The molecule has 0 aliphatic heterocycles. The molecule has 4 heteroatoms. The molecule has 0 saturated heterocycles. The summed E-state index contributed by atoms with van der Waals surface area (Å²) in [6.07, 6.45) is 11.6. The average molecular weight is 386 g/mol. The zero-order chi connectivity index (χ0) is 19.9. The highest BCUT2D eigenvalue weighted by atomic mass is 16.5. The predicted molar refractivity (Wildman–Crippen MR) is 111 cm³/mol. The molecule has 0 unspecified atom stereocenters. The first-order chi connectivity index (χ1) is 13.6. The van der Waals surface area contributed by atoms with Gasteiger partial charge in [-0.3, -0.25) is 4.79 Å². The minimum absolute atomic E-state index is 0.0240. The fourth-order valence-corrected chi connectivity index (χ4v) is 4.66. The van der Waals surface area contributed by atoms with Gasteiger partial charge in [0.15, 0.2) is 0 Å². The number of esters is 1. The zero-order valence-electron chi connectivity index (χ0n) is 17.5. The Bertz CT molecular complexity index is 640. The summed E-state index contributed by atoms with van der Waals surface area (Å²) < 4.78 is 5.44. The highest BCUT2D eigenvalue weighted by Gasteiger charge is 2.34. The van der Waals surface area contributed by atoms with Gasteiger partial charge in [0.25, 0.3) is 5.91 Å². The van der Waals surface area contributed by atoms with Crippen LogP contribution in [-0.4, -0.2) is 35.5 Å². The van der Waals surface area contributed by atoms with E-state index >= 15 is 0 Å². The molecule has 0 N–H and O–H groups in total. The van der Waals surface area contributed by atoms with Crippen LogP contribution >= 0.6 is 0 Å². The number of rotatable bonds is 6. The Balaban J connectivity index is 1.86. The number of hydrogen-bond acceptors (Lipinski definition) is 3. The van der Waals surface area contributed by atoms with Crippen molar-refractivity contribution in [3.8, 4) is 0 Å². The van der Waals surface area contributed by atoms with Gasteiger partial charge in [0.05, 0.1) is 17.7 Å². The van der Waals surface area contributed by atoms with Crippen molar-refractivity contribution in [2.75, 3.05) is 6.61 Å². The van der Waals surface area contributed by atoms with E-state index in [1.54, 1.807) is 12.1 Å². The van der Waals surface area contributed by atoms with Gasteiger partial charge in [-0.1, -0.05) is 64.5 Å². The third-order valence-corrected chi connectivity index (χ3v) is 6.10. The van der Waals surface area contributed by atoms with Crippen molar-refractivity contribution in [2.45, 2.75) is 90.1 Å². The summed E-state index contributed by atoms with van der Waals surface area (Å²) in [4.78, 5) is 28.5. The Labute approximate surface area is 169 Å². The molecule has 1 aromatic rings. The zero-order valence-corrected chi connectivity index (χ0v) is 17.5. The van der Waals surface area contributed by atoms with Crippen LogP contribution < -0.4 is 0 Å². The molecule has 2 saturated carbocycles. The van der Waals surface area contributed by atoms with E-state index < -0.39 is 0 Å². The molecule has 3 rings (SSSR count). The van der Waals surface area contributed by atoms with Gasteiger partial charge in [-0.2, -0.15) is 0 Å². The lowest BCUT2D eigenvalue weighted by Crippen LogP contribution is -2.49. The molecule has 154 valence electrons. The largest absolute Gasteiger partial charge is 0.462 e. The van der Waals surface area contributed by atoms with Crippen molar-refractivity contribution in [1.29, 1.82) is 0 Å². The van der Waals surface area contributed by atoms with Gasteiger partial charge in [0, 0.05) is 12.1 Å². The predicted octanol–water partition coefficient (Wildman–Crippen LogP) is 5.61. The Morgan fingerprint density at radius 3 is 1.89 bits per heavy atom. The van der Waals surface area contributed by atoms with Gasteiger partial charge >= 0.3 is 5.97 Å². The fourth-order valence-electron chi connectivity index (χ4n) is 4.66. The van der Waals surface area contributed by atoms with E-state index in [1.807, 2.05) is 26.0 Å². The lowest BCUT2D eigenvalue weighted by Gasteiger charge is -2.42. The van der Waals surface area contributed by atoms with E-state index in [0.717, 1.165) is 25.7 Å². The highest BCUT2D eigenvalue weighted by Crippen LogP contribution is 2.32. The summed E-state index contributed by atoms with van der Waals surface area (Å²) in [5, 5.41) is 0. The second-order valence-corrected chi connectivity index (χ2v) is 8.83. The Morgan fingerprint density at radius 2 is 1.39 bits per heavy atom. The summed E-state index contributed by atoms with van der Waals surface area (Å²) in [6.45, 7) is 4.40. The van der Waals surface area contributed by atoms with Crippen LogP contribution in [-0.2, 0) is 4.74 Å². The normalized spacial score (nSPS) is 18.8. The molecular weight excluding hydrogens is 350 g/mol. The number of benzene rings is 1. The molecule has 1 aromatic carbocycles. The monoisotopic (exact) mass is 385 g/mol. The van der Waals surface area contributed by atoms with Crippen molar-refractivity contribution < 1.29 is 14.3 Å². The molecule has 0 atom stereocenters. The maximum atomic E-state index is 13.7. The molecule has 2 aliphatic rings. The standard InChI is InChI=1S/C24H35NO3/c1-18(2)17-28-24(27)22-16-10-9-15-21(22)23(26)25(19-11-5-3-6-12-19)20-13-7-4-8-14-20/h9-10,15-16,18-20H,3-8,11-14,17H2,1-2H3. The van der Waals surface area contributed by atoms with Gasteiger partial charge in [-0.05, 0) is 43.7 Å². The summed E-state index contributed by atoms with van der Waals surface area (Å²) in [5.41, 5.74) is 0.914. The summed E-state index contributed by atoms with van der Waals surface area (Å²) >= 11 is 0. The van der Waals surface area contributed by atoms with Crippen molar-refractivity contribution in [1.82, 2.24) is 4.90 Å². The Morgan fingerprint density at radius 1 is 0.893 bits per heavy atom. The Hall–Kier alpha value is -1.84. The molecule has 0 radical (unpaired) electrons. The number of nitrogens with zero attached hydrogens (tertiary/aromatic N) is 1. The smallest absolute Gasteiger partial charge is 0.338 e. The molecule has 4 nitrogen and oxygen atoms in total. The van der Waals surface area contributed by atoms with Crippen molar-refractivity contribution in [3.63, 3.8) is 0 Å².